The lowest BCUT2D eigenvalue weighted by Crippen LogP contribution is -2.00. The lowest BCUT2D eigenvalue weighted by molar-refractivity contribution is 0.192. The molecule has 0 amide bonds. The van der Waals surface area contributed by atoms with E-state index in [1.807, 2.05) is 6.08 Å². The van der Waals surface area contributed by atoms with Crippen molar-refractivity contribution < 1.29 is 9.13 Å². The van der Waals surface area contributed by atoms with Crippen LogP contribution in [0.1, 0.15) is 45.4 Å². The third-order valence-electron chi connectivity index (χ3n) is 2.44. The van der Waals surface area contributed by atoms with E-state index in [1.54, 1.807) is 6.08 Å². The molecule has 0 saturated carbocycles. The largest absolute Gasteiger partial charge is 0.498 e. The highest BCUT2D eigenvalue weighted by atomic mass is 19.1. The van der Waals surface area contributed by atoms with Crippen LogP contribution >= 0.6 is 0 Å². The first kappa shape index (κ1) is 12.3. The third kappa shape index (κ3) is 5.60. The molecular weight excluding hydrogens is 191 g/mol. The fourth-order valence-electron chi connectivity index (χ4n) is 1.55. The summed E-state index contributed by atoms with van der Waals surface area (Å²) >= 11 is 0. The Kier molecular flexibility index (Phi) is 6.14. The van der Waals surface area contributed by atoms with E-state index in [-0.39, 0.29) is 6.17 Å². The van der Waals surface area contributed by atoms with Crippen molar-refractivity contribution in [2.45, 2.75) is 45.4 Å². The summed E-state index contributed by atoms with van der Waals surface area (Å²) in [5.41, 5.74) is 0. The van der Waals surface area contributed by atoms with Crippen molar-refractivity contribution in [1.29, 1.82) is 0 Å². The van der Waals surface area contributed by atoms with E-state index >= 15 is 0 Å². The Hall–Kier alpha value is -0.790. The maximum Gasteiger partial charge on any atom is 0.174 e. The van der Waals surface area contributed by atoms with Gasteiger partial charge in [-0.15, -0.1) is 0 Å². The average Bonchev–Trinajstić information content (AvgIpc) is 2.23. The van der Waals surface area contributed by atoms with Crippen molar-refractivity contribution in [2.75, 3.05) is 6.61 Å². The van der Waals surface area contributed by atoms with Crippen LogP contribution in [0.3, 0.4) is 0 Å². The van der Waals surface area contributed by atoms with Crippen molar-refractivity contribution in [1.82, 2.24) is 0 Å². The van der Waals surface area contributed by atoms with Crippen LogP contribution in [0.5, 0.6) is 0 Å². The van der Waals surface area contributed by atoms with Crippen LogP contribution in [0.4, 0.5) is 4.39 Å². The van der Waals surface area contributed by atoms with E-state index in [0.717, 1.165) is 18.8 Å². The van der Waals surface area contributed by atoms with Gasteiger partial charge in [0.25, 0.3) is 0 Å². The van der Waals surface area contributed by atoms with Gasteiger partial charge in [-0.3, -0.25) is 0 Å². The SMILES string of the molecule is CCCCCCCOC1=CC=C[C](F)C1. The minimum absolute atomic E-state index is 0.113. The molecule has 0 aromatic rings. The van der Waals surface area contributed by atoms with E-state index in [1.165, 1.54) is 31.8 Å². The van der Waals surface area contributed by atoms with Gasteiger partial charge in [-0.2, -0.15) is 0 Å². The van der Waals surface area contributed by atoms with Crippen LogP contribution < -0.4 is 0 Å². The molecule has 1 rings (SSSR count). The molecule has 0 aromatic heterocycles. The number of hydrogen-bond donors (Lipinski definition) is 0. The van der Waals surface area contributed by atoms with Gasteiger partial charge in [0.1, 0.15) is 0 Å². The van der Waals surface area contributed by atoms with Crippen molar-refractivity contribution in [3.05, 3.63) is 30.2 Å². The quantitative estimate of drug-likeness (QED) is 0.570. The number of rotatable bonds is 7. The number of allylic oxidation sites excluding steroid dienone is 4. The van der Waals surface area contributed by atoms with Gasteiger partial charge in [-0.1, -0.05) is 38.7 Å². The molecule has 2 heteroatoms. The molecule has 0 N–H and O–H groups in total. The first-order valence-corrected chi connectivity index (χ1v) is 5.84. The molecule has 1 aliphatic rings. The van der Waals surface area contributed by atoms with Gasteiger partial charge in [-0.05, 0) is 18.6 Å². The van der Waals surface area contributed by atoms with Crippen LogP contribution in [-0.4, -0.2) is 6.61 Å². The second kappa shape index (κ2) is 7.49. The van der Waals surface area contributed by atoms with Gasteiger partial charge < -0.3 is 4.74 Å². The van der Waals surface area contributed by atoms with E-state index in [4.69, 9.17) is 4.74 Å². The third-order valence-corrected chi connectivity index (χ3v) is 2.44. The molecule has 1 radical (unpaired) electrons. The fourth-order valence-corrected chi connectivity index (χ4v) is 1.55. The summed E-state index contributed by atoms with van der Waals surface area (Å²) in [6.45, 7) is 2.92. The highest BCUT2D eigenvalue weighted by molar-refractivity contribution is 5.23. The van der Waals surface area contributed by atoms with Crippen molar-refractivity contribution >= 4 is 0 Å². The normalized spacial score (nSPS) is 16.5. The Morgan fingerprint density at radius 3 is 2.80 bits per heavy atom. The summed E-state index contributed by atoms with van der Waals surface area (Å²) in [6.07, 6.45) is 11.4. The standard InChI is InChI=1S/C13H20FO/c1-2-3-4-5-6-10-15-13-9-7-8-12(14)11-13/h7-9H,2-6,10-11H2,1H3. The molecule has 1 nitrogen and oxygen atoms in total. The van der Waals surface area contributed by atoms with Crippen LogP contribution in [-0.2, 0) is 4.74 Å². The van der Waals surface area contributed by atoms with Gasteiger partial charge in [-0.25, -0.2) is 4.39 Å². The molecular formula is C13H20FO. The summed E-state index contributed by atoms with van der Waals surface area (Å²) in [5.74, 6) is 0.755. The van der Waals surface area contributed by atoms with Gasteiger partial charge in [0.05, 0.1) is 12.4 Å². The molecule has 15 heavy (non-hydrogen) atoms. The van der Waals surface area contributed by atoms with Crippen molar-refractivity contribution in [3.8, 4) is 0 Å². The summed E-state index contributed by atoms with van der Waals surface area (Å²) in [6, 6.07) is 0. The van der Waals surface area contributed by atoms with E-state index < -0.39 is 0 Å². The van der Waals surface area contributed by atoms with E-state index in [0.29, 0.717) is 6.42 Å². The zero-order valence-corrected chi connectivity index (χ0v) is 9.47. The van der Waals surface area contributed by atoms with Gasteiger partial charge in [0.15, 0.2) is 6.17 Å². The lowest BCUT2D eigenvalue weighted by Gasteiger charge is -2.13. The number of unbranched alkanes of at least 4 members (excludes halogenated alkanes) is 4. The molecule has 0 aliphatic heterocycles. The number of halogens is 1. The fraction of sp³-hybridized carbons (Fsp3) is 0.615. The Bertz CT molecular complexity index is 221. The summed E-state index contributed by atoms with van der Waals surface area (Å²) in [5, 5.41) is 0. The molecule has 0 spiro atoms. The molecule has 85 valence electrons. The Labute approximate surface area is 92.0 Å². The minimum atomic E-state index is -0.113. The molecule has 0 saturated heterocycles. The van der Waals surface area contributed by atoms with Crippen LogP contribution in [0.2, 0.25) is 0 Å². The maximum atomic E-state index is 12.8. The minimum Gasteiger partial charge on any atom is -0.498 e. The Balaban J connectivity index is 2.00. The van der Waals surface area contributed by atoms with E-state index in [9.17, 15) is 4.39 Å². The first-order valence-electron chi connectivity index (χ1n) is 5.84. The molecule has 0 heterocycles. The van der Waals surface area contributed by atoms with Crippen LogP contribution in [0, 0.1) is 6.17 Å². The summed E-state index contributed by atoms with van der Waals surface area (Å²) < 4.78 is 18.3. The second-order valence-electron chi connectivity index (χ2n) is 3.88. The molecule has 0 unspecified atom stereocenters. The first-order chi connectivity index (χ1) is 7.33. The Morgan fingerprint density at radius 1 is 1.27 bits per heavy atom. The highest BCUT2D eigenvalue weighted by Gasteiger charge is 2.11. The monoisotopic (exact) mass is 211 g/mol. The second-order valence-corrected chi connectivity index (χ2v) is 3.88. The average molecular weight is 211 g/mol. The molecule has 0 bridgehead atoms. The zero-order chi connectivity index (χ0) is 10.9. The predicted octanol–water partition coefficient (Wildman–Crippen LogP) is 4.32. The zero-order valence-electron chi connectivity index (χ0n) is 9.47. The predicted molar refractivity (Wildman–Crippen MR) is 60.9 cm³/mol. The topological polar surface area (TPSA) is 9.23 Å². The molecule has 0 aromatic carbocycles. The molecule has 1 aliphatic carbocycles. The molecule has 0 atom stereocenters. The van der Waals surface area contributed by atoms with Crippen LogP contribution in [0.25, 0.3) is 0 Å². The van der Waals surface area contributed by atoms with E-state index in [2.05, 4.69) is 6.92 Å². The number of hydrogen-bond acceptors (Lipinski definition) is 1. The van der Waals surface area contributed by atoms with Crippen molar-refractivity contribution in [3.63, 3.8) is 0 Å². The van der Waals surface area contributed by atoms with Gasteiger partial charge in [0, 0.05) is 6.42 Å². The smallest absolute Gasteiger partial charge is 0.174 e. The maximum absolute atomic E-state index is 12.8. The highest BCUT2D eigenvalue weighted by Crippen LogP contribution is 2.22. The number of ether oxygens (including phenoxy) is 1. The van der Waals surface area contributed by atoms with Gasteiger partial charge >= 0.3 is 0 Å². The lowest BCUT2D eigenvalue weighted by atomic mass is 10.1. The summed E-state index contributed by atoms with van der Waals surface area (Å²) in [7, 11) is 0. The Morgan fingerprint density at radius 2 is 2.07 bits per heavy atom. The van der Waals surface area contributed by atoms with Crippen molar-refractivity contribution in [2.24, 2.45) is 0 Å². The van der Waals surface area contributed by atoms with Crippen LogP contribution in [0.15, 0.2) is 24.0 Å². The molecule has 0 fully saturated rings. The van der Waals surface area contributed by atoms with Gasteiger partial charge in [0.2, 0.25) is 0 Å². The summed E-state index contributed by atoms with van der Waals surface area (Å²) in [4.78, 5) is 0.